The maximum absolute atomic E-state index is 9.17. The molecule has 2 N–H and O–H groups in total. The minimum atomic E-state index is 0.223. The first-order valence-corrected chi connectivity index (χ1v) is 6.87. The molecule has 0 saturated carbocycles. The van der Waals surface area contributed by atoms with E-state index in [0.29, 0.717) is 5.92 Å². The lowest BCUT2D eigenvalue weighted by Crippen LogP contribution is -2.31. The summed E-state index contributed by atoms with van der Waals surface area (Å²) < 4.78 is 5.37. The van der Waals surface area contributed by atoms with Gasteiger partial charge in [0.25, 0.3) is 0 Å². The van der Waals surface area contributed by atoms with E-state index in [2.05, 4.69) is 29.6 Å². The number of hydrogen-bond donors (Lipinski definition) is 2. The Balaban J connectivity index is 1.86. The summed E-state index contributed by atoms with van der Waals surface area (Å²) in [4.78, 5) is 0. The van der Waals surface area contributed by atoms with Gasteiger partial charge in [0.2, 0.25) is 0 Å². The highest BCUT2D eigenvalue weighted by Crippen LogP contribution is 2.19. The molecule has 1 saturated heterocycles. The number of rotatable bonds is 6. The summed E-state index contributed by atoms with van der Waals surface area (Å²) in [5.74, 6) is 0.712. The highest BCUT2D eigenvalue weighted by Gasteiger charge is 2.16. The summed E-state index contributed by atoms with van der Waals surface area (Å²) >= 11 is 0. The normalized spacial score (nSPS) is 18.7. The van der Waals surface area contributed by atoms with Gasteiger partial charge in [-0.15, -0.1) is 0 Å². The third-order valence-corrected chi connectivity index (χ3v) is 3.61. The second-order valence-electron chi connectivity index (χ2n) is 4.94. The van der Waals surface area contributed by atoms with Crippen LogP contribution in [-0.2, 0) is 4.74 Å². The molecule has 1 aromatic carbocycles. The molecule has 3 nitrogen and oxygen atoms in total. The van der Waals surface area contributed by atoms with Crippen molar-refractivity contribution in [3.8, 4) is 0 Å². The Morgan fingerprint density at radius 3 is 2.61 bits per heavy atom. The number of nitrogens with one attached hydrogen (secondary N) is 1. The standard InChI is InChI=1S/C15H23NO2/c17-9-6-15(14-4-2-1-3-5-14)16-12-13-7-10-18-11-8-13/h1-5,13,15-17H,6-12H2/t15-/m1/s1. The van der Waals surface area contributed by atoms with Gasteiger partial charge < -0.3 is 15.2 Å². The molecule has 0 aliphatic carbocycles. The molecule has 0 aromatic heterocycles. The molecule has 0 spiro atoms. The van der Waals surface area contributed by atoms with Gasteiger partial charge in [-0.25, -0.2) is 0 Å². The Bertz CT molecular complexity index is 323. The molecule has 18 heavy (non-hydrogen) atoms. The van der Waals surface area contributed by atoms with Crippen molar-refractivity contribution in [2.75, 3.05) is 26.4 Å². The van der Waals surface area contributed by atoms with Crippen LogP contribution in [0.5, 0.6) is 0 Å². The lowest BCUT2D eigenvalue weighted by atomic mass is 9.98. The molecule has 0 unspecified atom stereocenters. The Kier molecular flexibility index (Phi) is 5.65. The van der Waals surface area contributed by atoms with Crippen molar-refractivity contribution in [1.29, 1.82) is 0 Å². The molecular formula is C15H23NO2. The first kappa shape index (κ1) is 13.5. The fourth-order valence-corrected chi connectivity index (χ4v) is 2.46. The molecule has 0 bridgehead atoms. The van der Waals surface area contributed by atoms with E-state index in [4.69, 9.17) is 4.74 Å². The lowest BCUT2D eigenvalue weighted by molar-refractivity contribution is 0.0651. The van der Waals surface area contributed by atoms with Crippen LogP contribution in [-0.4, -0.2) is 31.5 Å². The summed E-state index contributed by atoms with van der Waals surface area (Å²) in [6.07, 6.45) is 3.06. The Morgan fingerprint density at radius 2 is 1.94 bits per heavy atom. The molecule has 0 amide bonds. The number of ether oxygens (including phenoxy) is 1. The molecule has 1 heterocycles. The Morgan fingerprint density at radius 1 is 1.22 bits per heavy atom. The fourth-order valence-electron chi connectivity index (χ4n) is 2.46. The van der Waals surface area contributed by atoms with Crippen LogP contribution in [0.25, 0.3) is 0 Å². The topological polar surface area (TPSA) is 41.5 Å². The van der Waals surface area contributed by atoms with Crippen LogP contribution in [0.2, 0.25) is 0 Å². The SMILES string of the molecule is OCC[C@@H](NCC1CCOCC1)c1ccccc1. The van der Waals surface area contributed by atoms with Crippen LogP contribution < -0.4 is 5.32 Å². The smallest absolute Gasteiger partial charge is 0.0469 e. The van der Waals surface area contributed by atoms with Gasteiger partial charge in [0, 0.05) is 25.9 Å². The van der Waals surface area contributed by atoms with Crippen LogP contribution >= 0.6 is 0 Å². The van der Waals surface area contributed by atoms with Gasteiger partial charge in [0.1, 0.15) is 0 Å². The van der Waals surface area contributed by atoms with Gasteiger partial charge in [-0.3, -0.25) is 0 Å². The van der Waals surface area contributed by atoms with E-state index in [-0.39, 0.29) is 12.6 Å². The first-order valence-electron chi connectivity index (χ1n) is 6.87. The highest BCUT2D eigenvalue weighted by atomic mass is 16.5. The van der Waals surface area contributed by atoms with Crippen molar-refractivity contribution in [2.24, 2.45) is 5.92 Å². The molecule has 1 aliphatic rings. The van der Waals surface area contributed by atoms with Crippen LogP contribution in [0.1, 0.15) is 30.9 Å². The third kappa shape index (κ3) is 4.09. The third-order valence-electron chi connectivity index (χ3n) is 3.61. The Labute approximate surface area is 109 Å². The molecular weight excluding hydrogens is 226 g/mol. The number of aliphatic hydroxyl groups is 1. The van der Waals surface area contributed by atoms with Gasteiger partial charge in [-0.2, -0.15) is 0 Å². The molecule has 0 radical (unpaired) electrons. The summed E-state index contributed by atoms with van der Waals surface area (Å²) in [5, 5.41) is 12.8. The van der Waals surface area contributed by atoms with Gasteiger partial charge in [-0.05, 0) is 37.3 Å². The number of benzene rings is 1. The predicted octanol–water partition coefficient (Wildman–Crippen LogP) is 2.13. The van der Waals surface area contributed by atoms with Crippen molar-refractivity contribution in [3.05, 3.63) is 35.9 Å². The average molecular weight is 249 g/mol. The van der Waals surface area contributed by atoms with Crippen LogP contribution in [0, 0.1) is 5.92 Å². The largest absolute Gasteiger partial charge is 0.396 e. The Hall–Kier alpha value is -0.900. The fraction of sp³-hybridized carbons (Fsp3) is 0.600. The summed E-state index contributed by atoms with van der Waals surface area (Å²) in [7, 11) is 0. The van der Waals surface area contributed by atoms with Crippen LogP contribution in [0.15, 0.2) is 30.3 Å². The number of aliphatic hydroxyl groups excluding tert-OH is 1. The average Bonchev–Trinajstić information content (AvgIpc) is 2.45. The van der Waals surface area contributed by atoms with Crippen molar-refractivity contribution in [1.82, 2.24) is 5.32 Å². The number of hydrogen-bond acceptors (Lipinski definition) is 3. The minimum Gasteiger partial charge on any atom is -0.396 e. The molecule has 100 valence electrons. The summed E-state index contributed by atoms with van der Waals surface area (Å²) in [6, 6.07) is 10.6. The van der Waals surface area contributed by atoms with Crippen LogP contribution in [0.3, 0.4) is 0 Å². The molecule has 1 aromatic rings. The maximum atomic E-state index is 9.17. The van der Waals surface area contributed by atoms with E-state index in [0.717, 1.165) is 39.0 Å². The minimum absolute atomic E-state index is 0.223. The monoisotopic (exact) mass is 249 g/mol. The molecule has 1 fully saturated rings. The van der Waals surface area contributed by atoms with Gasteiger partial charge >= 0.3 is 0 Å². The van der Waals surface area contributed by atoms with E-state index < -0.39 is 0 Å². The second-order valence-corrected chi connectivity index (χ2v) is 4.94. The van der Waals surface area contributed by atoms with Crippen molar-refractivity contribution in [3.63, 3.8) is 0 Å². The van der Waals surface area contributed by atoms with Crippen LogP contribution in [0.4, 0.5) is 0 Å². The van der Waals surface area contributed by atoms with Crippen molar-refractivity contribution >= 4 is 0 Å². The molecule has 1 aliphatic heterocycles. The predicted molar refractivity (Wildman–Crippen MR) is 72.4 cm³/mol. The molecule has 3 heteroatoms. The highest BCUT2D eigenvalue weighted by molar-refractivity contribution is 5.18. The quantitative estimate of drug-likeness (QED) is 0.811. The van der Waals surface area contributed by atoms with Crippen molar-refractivity contribution in [2.45, 2.75) is 25.3 Å². The second kappa shape index (κ2) is 7.52. The zero-order valence-electron chi connectivity index (χ0n) is 10.8. The zero-order chi connectivity index (χ0) is 12.6. The van der Waals surface area contributed by atoms with Gasteiger partial charge in [0.15, 0.2) is 0 Å². The lowest BCUT2D eigenvalue weighted by Gasteiger charge is -2.25. The van der Waals surface area contributed by atoms with E-state index >= 15 is 0 Å². The van der Waals surface area contributed by atoms with Gasteiger partial charge in [-0.1, -0.05) is 30.3 Å². The summed E-state index contributed by atoms with van der Waals surface area (Å²) in [6.45, 7) is 3.02. The first-order chi connectivity index (χ1) is 8.90. The van der Waals surface area contributed by atoms with E-state index in [1.165, 1.54) is 5.56 Å². The van der Waals surface area contributed by atoms with Gasteiger partial charge in [0.05, 0.1) is 0 Å². The van der Waals surface area contributed by atoms with E-state index in [9.17, 15) is 5.11 Å². The van der Waals surface area contributed by atoms with E-state index in [1.54, 1.807) is 0 Å². The zero-order valence-corrected chi connectivity index (χ0v) is 10.8. The maximum Gasteiger partial charge on any atom is 0.0469 e. The molecule has 1 atom stereocenters. The van der Waals surface area contributed by atoms with E-state index in [1.807, 2.05) is 6.07 Å². The van der Waals surface area contributed by atoms with Crippen molar-refractivity contribution < 1.29 is 9.84 Å². The molecule has 2 rings (SSSR count). The summed E-state index contributed by atoms with van der Waals surface area (Å²) in [5.41, 5.74) is 1.26.